The molecule has 2 bridgehead atoms. The van der Waals surface area contributed by atoms with Crippen molar-refractivity contribution >= 4 is 11.7 Å². The number of rotatable bonds is 3. The van der Waals surface area contributed by atoms with E-state index in [0.29, 0.717) is 42.7 Å². The SMILES string of the molecule is CON=C1C[C@]2(C[C@@H]3C[C@@H](CC=C(C)C[C@@H](C)C=CC=C4CO[C@@H]5[C@H](O)C(C)=C[C@@H](C(=O)O3)[C@]45O)O2)OC(C(C)=CC(C)C)[C@H]1C. The van der Waals surface area contributed by atoms with E-state index in [-0.39, 0.29) is 30.7 Å². The molecule has 3 fully saturated rings. The normalized spacial score (nSPS) is 41.5. The monoisotopic (exact) mass is 639 g/mol. The Kier molecular flexibility index (Phi) is 10.5. The van der Waals surface area contributed by atoms with Crippen LogP contribution < -0.4 is 0 Å². The highest BCUT2D eigenvalue weighted by molar-refractivity contribution is 5.88. The zero-order valence-electron chi connectivity index (χ0n) is 28.7. The van der Waals surface area contributed by atoms with E-state index in [1.54, 1.807) is 20.1 Å². The Morgan fingerprint density at radius 1 is 1.20 bits per heavy atom. The lowest BCUT2D eigenvalue weighted by Crippen LogP contribution is -2.59. The van der Waals surface area contributed by atoms with Crippen LogP contribution in [0.5, 0.6) is 0 Å². The molecule has 5 aliphatic rings. The second kappa shape index (κ2) is 13.9. The van der Waals surface area contributed by atoms with Crippen LogP contribution in [0.1, 0.15) is 80.6 Å². The average molecular weight is 640 g/mol. The van der Waals surface area contributed by atoms with Gasteiger partial charge in [-0.15, -0.1) is 0 Å². The quantitative estimate of drug-likeness (QED) is 0.229. The van der Waals surface area contributed by atoms with Crippen LogP contribution >= 0.6 is 0 Å². The number of hydrogen-bond acceptors (Lipinski definition) is 9. The summed E-state index contributed by atoms with van der Waals surface area (Å²) >= 11 is 0. The maximum atomic E-state index is 14.2. The van der Waals surface area contributed by atoms with Crippen LogP contribution in [0.3, 0.4) is 0 Å². The largest absolute Gasteiger partial charge is 0.462 e. The third-order valence-corrected chi connectivity index (χ3v) is 10.1. The van der Waals surface area contributed by atoms with Gasteiger partial charge in [-0.3, -0.25) is 4.79 Å². The third-order valence-electron chi connectivity index (χ3n) is 10.1. The molecule has 1 unspecified atom stereocenters. The predicted molar refractivity (Wildman–Crippen MR) is 176 cm³/mol. The van der Waals surface area contributed by atoms with Gasteiger partial charge < -0.3 is 34.0 Å². The van der Waals surface area contributed by atoms with E-state index in [1.165, 1.54) is 5.57 Å². The molecule has 10 atom stereocenters. The molecule has 254 valence electrons. The van der Waals surface area contributed by atoms with Crippen molar-refractivity contribution in [3.05, 3.63) is 58.7 Å². The molecule has 0 radical (unpaired) electrons. The van der Waals surface area contributed by atoms with Crippen LogP contribution in [-0.2, 0) is 28.6 Å². The molecule has 0 amide bonds. The Labute approximate surface area is 274 Å². The highest BCUT2D eigenvalue weighted by Crippen LogP contribution is 2.47. The number of fused-ring (bicyclic) bond motifs is 2. The molecular formula is C37H53NO8. The maximum Gasteiger partial charge on any atom is 0.316 e. The molecule has 0 saturated carbocycles. The van der Waals surface area contributed by atoms with Gasteiger partial charge in [0.05, 0.1) is 24.5 Å². The zero-order valence-corrected chi connectivity index (χ0v) is 28.7. The summed E-state index contributed by atoms with van der Waals surface area (Å²) in [5.41, 5.74) is 2.54. The molecule has 3 saturated heterocycles. The van der Waals surface area contributed by atoms with E-state index in [1.807, 2.05) is 12.2 Å². The molecule has 4 heterocycles. The fourth-order valence-electron chi connectivity index (χ4n) is 7.94. The molecule has 9 nitrogen and oxygen atoms in total. The summed E-state index contributed by atoms with van der Waals surface area (Å²) in [6.45, 7) is 14.6. The van der Waals surface area contributed by atoms with Gasteiger partial charge in [-0.05, 0) is 62.2 Å². The summed E-state index contributed by atoms with van der Waals surface area (Å²) in [6.07, 6.45) is 11.4. The maximum absolute atomic E-state index is 14.2. The summed E-state index contributed by atoms with van der Waals surface area (Å²) in [7, 11) is 1.55. The third kappa shape index (κ3) is 6.99. The van der Waals surface area contributed by atoms with Gasteiger partial charge in [-0.1, -0.05) is 74.9 Å². The number of carbonyl (C=O) groups is 1. The van der Waals surface area contributed by atoms with Crippen molar-refractivity contribution in [1.29, 1.82) is 0 Å². The van der Waals surface area contributed by atoms with Crippen molar-refractivity contribution in [2.24, 2.45) is 28.8 Å². The fourth-order valence-corrected chi connectivity index (χ4v) is 7.94. The molecule has 4 aliphatic heterocycles. The molecule has 46 heavy (non-hydrogen) atoms. The lowest BCUT2D eigenvalue weighted by atomic mass is 9.71. The number of esters is 1. The Bertz CT molecular complexity index is 1340. The van der Waals surface area contributed by atoms with Crippen LogP contribution in [0.15, 0.2) is 63.9 Å². The summed E-state index contributed by atoms with van der Waals surface area (Å²) in [5, 5.41) is 27.6. The van der Waals surface area contributed by atoms with Gasteiger partial charge in [-0.25, -0.2) is 0 Å². The van der Waals surface area contributed by atoms with Gasteiger partial charge in [0.2, 0.25) is 0 Å². The van der Waals surface area contributed by atoms with E-state index in [4.69, 9.17) is 23.8 Å². The zero-order chi connectivity index (χ0) is 33.4. The molecular weight excluding hydrogens is 586 g/mol. The van der Waals surface area contributed by atoms with E-state index >= 15 is 0 Å². The molecule has 1 spiro atoms. The van der Waals surface area contributed by atoms with Crippen molar-refractivity contribution in [2.75, 3.05) is 13.7 Å². The fraction of sp³-hybridized carbons (Fsp3) is 0.676. The first-order valence-corrected chi connectivity index (χ1v) is 16.8. The van der Waals surface area contributed by atoms with Crippen LogP contribution in [0.2, 0.25) is 0 Å². The number of carbonyl (C=O) groups excluding carboxylic acids is 1. The van der Waals surface area contributed by atoms with Crippen LogP contribution in [0, 0.1) is 23.7 Å². The minimum Gasteiger partial charge on any atom is -0.462 e. The van der Waals surface area contributed by atoms with Crippen molar-refractivity contribution in [3.63, 3.8) is 0 Å². The van der Waals surface area contributed by atoms with Gasteiger partial charge in [0.15, 0.2) is 5.79 Å². The molecule has 0 aromatic heterocycles. The van der Waals surface area contributed by atoms with Gasteiger partial charge in [-0.2, -0.15) is 0 Å². The van der Waals surface area contributed by atoms with E-state index in [9.17, 15) is 15.0 Å². The Balaban J connectivity index is 1.55. The Morgan fingerprint density at radius 2 is 1.96 bits per heavy atom. The standard InChI is InChI=1S/C37H53NO8/c1-21(2)14-25(6)33-26(7)31(38-42-8)19-36(46-33)18-29-17-28(45-36)13-12-23(4)15-22(3)10-9-11-27-20-43-34-32(39)24(5)16-30(35(40)44-29)37(27,34)41/h9-12,14,16,21-22,26,28-30,32-34,39,41H,13,15,17-20H2,1-8H3/t22-,26-,28+,29-,30-,32+,33?,34+,36-,37+/m0/s1. The molecule has 2 N–H and O–H groups in total. The molecule has 5 rings (SSSR count). The van der Waals surface area contributed by atoms with Crippen LogP contribution in [-0.4, -0.2) is 77.5 Å². The highest BCUT2D eigenvalue weighted by Gasteiger charge is 2.60. The smallest absolute Gasteiger partial charge is 0.316 e. The number of aliphatic hydroxyl groups is 2. The summed E-state index contributed by atoms with van der Waals surface area (Å²) in [4.78, 5) is 19.4. The number of oxime groups is 1. The van der Waals surface area contributed by atoms with Crippen molar-refractivity contribution < 1.29 is 38.8 Å². The van der Waals surface area contributed by atoms with Crippen molar-refractivity contribution in [3.8, 4) is 0 Å². The average Bonchev–Trinajstić information content (AvgIpc) is 3.31. The number of ether oxygens (including phenoxy) is 4. The molecule has 9 heteroatoms. The van der Waals surface area contributed by atoms with E-state index in [2.05, 4.69) is 64.9 Å². The first-order chi connectivity index (χ1) is 21.8. The number of allylic oxidation sites excluding steroid dienone is 5. The van der Waals surface area contributed by atoms with Crippen LogP contribution in [0.25, 0.3) is 0 Å². The topological polar surface area (TPSA) is 116 Å². The Hall–Kier alpha value is -2.56. The Morgan fingerprint density at radius 3 is 2.67 bits per heavy atom. The van der Waals surface area contributed by atoms with Gasteiger partial charge in [0, 0.05) is 25.2 Å². The summed E-state index contributed by atoms with van der Waals surface area (Å²) in [6, 6.07) is 0. The van der Waals surface area contributed by atoms with Crippen molar-refractivity contribution in [1.82, 2.24) is 0 Å². The summed E-state index contributed by atoms with van der Waals surface area (Å²) < 4.78 is 26.0. The van der Waals surface area contributed by atoms with Gasteiger partial charge >= 0.3 is 5.97 Å². The number of hydrogen-bond donors (Lipinski definition) is 2. The van der Waals surface area contributed by atoms with E-state index < -0.39 is 41.6 Å². The van der Waals surface area contributed by atoms with Crippen LogP contribution in [0.4, 0.5) is 0 Å². The van der Waals surface area contributed by atoms with E-state index in [0.717, 1.165) is 17.7 Å². The predicted octanol–water partition coefficient (Wildman–Crippen LogP) is 5.73. The second-order valence-electron chi connectivity index (χ2n) is 14.5. The number of aliphatic hydroxyl groups excluding tert-OH is 1. The first kappa shape index (κ1) is 34.8. The van der Waals surface area contributed by atoms with Crippen molar-refractivity contribution in [2.45, 2.75) is 122 Å². The van der Waals surface area contributed by atoms with Gasteiger partial charge in [0.25, 0.3) is 0 Å². The highest BCUT2D eigenvalue weighted by atomic mass is 16.7. The molecule has 0 aromatic rings. The first-order valence-electron chi connectivity index (χ1n) is 16.8. The number of nitrogens with zero attached hydrogens (tertiary/aromatic N) is 1. The summed E-state index contributed by atoms with van der Waals surface area (Å²) in [5.74, 6) is -2.15. The lowest BCUT2D eigenvalue weighted by molar-refractivity contribution is -0.313. The lowest BCUT2D eigenvalue weighted by Gasteiger charge is -2.50. The minimum absolute atomic E-state index is 0.0340. The molecule has 1 aliphatic carbocycles. The molecule has 0 aromatic carbocycles. The van der Waals surface area contributed by atoms with Gasteiger partial charge in [0.1, 0.15) is 36.9 Å². The minimum atomic E-state index is -1.74. The second-order valence-corrected chi connectivity index (χ2v) is 14.5.